The van der Waals surface area contributed by atoms with Crippen LogP contribution in [-0.4, -0.2) is 50.3 Å². The van der Waals surface area contributed by atoms with E-state index in [1.165, 1.54) is 89.2 Å². The quantitative estimate of drug-likeness (QED) is 0.0194. The Morgan fingerprint density at radius 3 is 0.984 bits per heavy atom. The Balaban J connectivity index is 1.08. The van der Waals surface area contributed by atoms with Crippen LogP contribution in [0.2, 0.25) is 0 Å². The lowest BCUT2D eigenvalue weighted by atomic mass is 10.1. The zero-order valence-electron chi connectivity index (χ0n) is 37.7. The summed E-state index contributed by atoms with van der Waals surface area (Å²) in [5.74, 6) is 0.429. The molecule has 0 aliphatic carbocycles. The van der Waals surface area contributed by atoms with Crippen LogP contribution in [0.5, 0.6) is 23.0 Å². The summed E-state index contributed by atoms with van der Waals surface area (Å²) >= 11 is 0. The predicted molar refractivity (Wildman–Crippen MR) is 252 cm³/mol. The number of fused-ring (bicyclic) bond motifs is 1. The first-order chi connectivity index (χ1) is 31.4. The fourth-order valence-corrected chi connectivity index (χ4v) is 7.19. The minimum Gasteiger partial charge on any atom is -0.494 e. The van der Waals surface area contributed by atoms with Gasteiger partial charge in [-0.25, -0.2) is 19.2 Å². The second-order valence-corrected chi connectivity index (χ2v) is 15.9. The average Bonchev–Trinajstić information content (AvgIpc) is 3.32. The van der Waals surface area contributed by atoms with Gasteiger partial charge in [0.05, 0.1) is 37.6 Å². The van der Waals surface area contributed by atoms with E-state index in [1.54, 1.807) is 60.7 Å². The summed E-state index contributed by atoms with van der Waals surface area (Å²) in [5.41, 5.74) is 0.793. The first-order valence-electron chi connectivity index (χ1n) is 23.4. The minimum absolute atomic E-state index is 0.350. The van der Waals surface area contributed by atoms with Crippen molar-refractivity contribution in [2.24, 2.45) is 0 Å². The Bertz CT molecular complexity index is 1860. The molecule has 10 heteroatoms. The standard InChI is InChI=1S/C54H68O10/c1-3-51(55)61-41-25-19-15-11-7-5-9-13-17-23-39-59-45-33-29-43(30-34-45)53(57)63-49-37-38-50(48-28-22-21-27-47(48)49)64-54(58)44-31-35-46(36-32-44)60-40-24-18-14-10-6-8-12-16-20-26-42-62-52(56)4-2/h3-4,21-22,27-38H,1-2,5-20,23-26,39-42H2. The van der Waals surface area contributed by atoms with Gasteiger partial charge in [0.25, 0.3) is 0 Å². The van der Waals surface area contributed by atoms with Gasteiger partial charge in [0.1, 0.15) is 23.0 Å². The second kappa shape index (κ2) is 31.0. The van der Waals surface area contributed by atoms with Crippen molar-refractivity contribution in [1.29, 1.82) is 0 Å². The number of hydrogen-bond acceptors (Lipinski definition) is 10. The molecule has 0 unspecified atom stereocenters. The smallest absolute Gasteiger partial charge is 0.343 e. The van der Waals surface area contributed by atoms with E-state index < -0.39 is 11.9 Å². The zero-order valence-corrected chi connectivity index (χ0v) is 37.7. The number of benzene rings is 4. The third kappa shape index (κ3) is 20.1. The molecule has 10 nitrogen and oxygen atoms in total. The van der Waals surface area contributed by atoms with Gasteiger partial charge in [0.15, 0.2) is 0 Å². The largest absolute Gasteiger partial charge is 0.494 e. The summed E-state index contributed by atoms with van der Waals surface area (Å²) in [7, 11) is 0. The van der Waals surface area contributed by atoms with Crippen molar-refractivity contribution < 1.29 is 47.6 Å². The Labute approximate surface area is 380 Å². The minimum atomic E-state index is -0.501. The lowest BCUT2D eigenvalue weighted by Gasteiger charge is -2.12. The van der Waals surface area contributed by atoms with Crippen molar-refractivity contribution in [3.8, 4) is 23.0 Å². The molecule has 344 valence electrons. The summed E-state index contributed by atoms with van der Waals surface area (Å²) in [4.78, 5) is 48.4. The molecule has 0 aliphatic rings. The summed E-state index contributed by atoms with van der Waals surface area (Å²) < 4.78 is 33.5. The van der Waals surface area contributed by atoms with E-state index in [-0.39, 0.29) is 11.9 Å². The van der Waals surface area contributed by atoms with E-state index >= 15 is 0 Å². The molecule has 0 aromatic heterocycles. The maximum Gasteiger partial charge on any atom is 0.343 e. The first kappa shape index (κ1) is 50.7. The number of carbonyl (C=O) groups excluding carboxylic acids is 4. The summed E-state index contributed by atoms with van der Waals surface area (Å²) in [6.07, 6.45) is 25.0. The van der Waals surface area contributed by atoms with Crippen molar-refractivity contribution in [1.82, 2.24) is 0 Å². The monoisotopic (exact) mass is 876 g/mol. The zero-order chi connectivity index (χ0) is 45.5. The highest BCUT2D eigenvalue weighted by atomic mass is 16.5. The van der Waals surface area contributed by atoms with Crippen molar-refractivity contribution in [3.05, 3.63) is 121 Å². The molecule has 0 bridgehead atoms. The normalized spacial score (nSPS) is 10.8. The highest BCUT2D eigenvalue weighted by Crippen LogP contribution is 2.34. The van der Waals surface area contributed by atoms with E-state index in [1.807, 2.05) is 24.3 Å². The van der Waals surface area contributed by atoms with Crippen LogP contribution < -0.4 is 18.9 Å². The maximum absolute atomic E-state index is 13.2. The predicted octanol–water partition coefficient (Wildman–Crippen LogP) is 13.3. The SMILES string of the molecule is C=CC(=O)OCCCCCCCCCCCCOc1ccc(C(=O)Oc2ccc(OC(=O)c3ccc(OCCCCCCCCCCCCOC(=O)C=C)cc3)c3ccccc23)cc1. The van der Waals surface area contributed by atoms with Crippen LogP contribution in [0.3, 0.4) is 0 Å². The van der Waals surface area contributed by atoms with Crippen LogP contribution in [0.15, 0.2) is 110 Å². The van der Waals surface area contributed by atoms with Crippen LogP contribution in [-0.2, 0) is 19.1 Å². The van der Waals surface area contributed by atoms with Crippen molar-refractivity contribution in [2.45, 2.75) is 128 Å². The highest BCUT2D eigenvalue weighted by Gasteiger charge is 2.16. The van der Waals surface area contributed by atoms with Crippen molar-refractivity contribution >= 4 is 34.6 Å². The lowest BCUT2D eigenvalue weighted by Crippen LogP contribution is -2.10. The number of hydrogen-bond donors (Lipinski definition) is 0. The van der Waals surface area contributed by atoms with Gasteiger partial charge in [-0.15, -0.1) is 0 Å². The highest BCUT2D eigenvalue weighted by molar-refractivity contribution is 6.00. The number of carbonyl (C=O) groups is 4. The van der Waals surface area contributed by atoms with E-state index in [4.69, 9.17) is 28.4 Å². The lowest BCUT2D eigenvalue weighted by molar-refractivity contribution is -0.138. The van der Waals surface area contributed by atoms with Gasteiger partial charge in [-0.05, 0) is 86.3 Å². The molecule has 0 saturated heterocycles. The molecular weight excluding hydrogens is 809 g/mol. The molecule has 0 N–H and O–H groups in total. The van der Waals surface area contributed by atoms with E-state index in [2.05, 4.69) is 13.2 Å². The van der Waals surface area contributed by atoms with E-state index in [0.717, 1.165) is 51.4 Å². The number of ether oxygens (including phenoxy) is 6. The Kier molecular flexibility index (Phi) is 24.6. The maximum atomic E-state index is 13.2. The molecule has 0 atom stereocenters. The molecule has 64 heavy (non-hydrogen) atoms. The fourth-order valence-electron chi connectivity index (χ4n) is 7.19. The number of rotatable bonds is 34. The van der Waals surface area contributed by atoms with Crippen LogP contribution in [0.4, 0.5) is 0 Å². The van der Waals surface area contributed by atoms with Gasteiger partial charge in [0, 0.05) is 22.9 Å². The Hall–Kier alpha value is -5.90. The van der Waals surface area contributed by atoms with Crippen LogP contribution in [0, 0.1) is 0 Å². The summed E-state index contributed by atoms with van der Waals surface area (Å²) in [6.45, 7) is 8.98. The third-order valence-corrected chi connectivity index (χ3v) is 10.9. The van der Waals surface area contributed by atoms with Crippen molar-refractivity contribution in [2.75, 3.05) is 26.4 Å². The molecule has 0 amide bonds. The molecule has 0 fully saturated rings. The first-order valence-corrected chi connectivity index (χ1v) is 23.4. The molecule has 0 saturated carbocycles. The summed E-state index contributed by atoms with van der Waals surface area (Å²) in [6, 6.07) is 24.6. The van der Waals surface area contributed by atoms with Crippen molar-refractivity contribution in [3.63, 3.8) is 0 Å². The molecular formula is C54H68O10. The van der Waals surface area contributed by atoms with Gasteiger partial charge in [-0.3, -0.25) is 0 Å². The van der Waals surface area contributed by atoms with Gasteiger partial charge in [-0.1, -0.05) is 140 Å². The van der Waals surface area contributed by atoms with Gasteiger partial charge >= 0.3 is 23.9 Å². The van der Waals surface area contributed by atoms with Crippen LogP contribution >= 0.6 is 0 Å². The Morgan fingerprint density at radius 1 is 0.375 bits per heavy atom. The van der Waals surface area contributed by atoms with Gasteiger partial charge in [0.2, 0.25) is 0 Å². The van der Waals surface area contributed by atoms with Crippen LogP contribution in [0.25, 0.3) is 10.8 Å². The van der Waals surface area contributed by atoms with Gasteiger partial charge < -0.3 is 28.4 Å². The molecule has 0 heterocycles. The molecule has 0 aliphatic heterocycles. The topological polar surface area (TPSA) is 124 Å². The second-order valence-electron chi connectivity index (χ2n) is 15.9. The van der Waals surface area contributed by atoms with Crippen LogP contribution in [0.1, 0.15) is 149 Å². The fraction of sp³-hybridized carbons (Fsp3) is 0.444. The van der Waals surface area contributed by atoms with E-state index in [9.17, 15) is 19.2 Å². The third-order valence-electron chi connectivity index (χ3n) is 10.9. The average molecular weight is 877 g/mol. The molecule has 0 radical (unpaired) electrons. The molecule has 0 spiro atoms. The van der Waals surface area contributed by atoms with Gasteiger partial charge in [-0.2, -0.15) is 0 Å². The molecule has 4 aromatic rings. The summed E-state index contributed by atoms with van der Waals surface area (Å²) in [5, 5.41) is 1.28. The number of unbranched alkanes of at least 4 members (excludes halogenated alkanes) is 18. The van der Waals surface area contributed by atoms with E-state index in [0.29, 0.717) is 71.3 Å². The number of esters is 4. The molecule has 4 aromatic carbocycles. The Morgan fingerprint density at radius 2 is 0.672 bits per heavy atom. The molecule has 4 rings (SSSR count).